The van der Waals surface area contributed by atoms with Gasteiger partial charge >= 0.3 is 7.82 Å². The van der Waals surface area contributed by atoms with E-state index in [1.165, 1.54) is 11.0 Å². The van der Waals surface area contributed by atoms with Crippen molar-refractivity contribution in [1.82, 2.24) is 14.5 Å². The Balaban J connectivity index is 1.85. The summed E-state index contributed by atoms with van der Waals surface area (Å²) < 4.78 is 29.6. The number of anilines is 1. The number of phosphoric acid groups is 1. The first kappa shape index (κ1) is 27.2. The number of carbonyl (C=O) groups is 1. The molecule has 0 aliphatic rings. The number of hydrogen-bond acceptors (Lipinski definition) is 7. The number of pyridine rings is 2. The van der Waals surface area contributed by atoms with Crippen LogP contribution in [0.4, 0.5) is 5.69 Å². The van der Waals surface area contributed by atoms with Crippen molar-refractivity contribution in [2.24, 2.45) is 0 Å². The summed E-state index contributed by atoms with van der Waals surface area (Å²) >= 11 is 0. The molecule has 0 bridgehead atoms. The van der Waals surface area contributed by atoms with E-state index >= 15 is 0 Å². The molecule has 0 spiro atoms. The maximum atomic E-state index is 12.3. The van der Waals surface area contributed by atoms with Gasteiger partial charge in [0.1, 0.15) is 11.9 Å². The standard InChI is InChI=1S/C27H29N4O6P/c1-6-26(32)30(4)22-10-8-9-19(13-22)21-14-23-24(20-11-12-28-25(15-20)35-5)17-31(27(23)29-16-21)18(3)37-38(33,34)36-7-2/h6,8-18H,1,7H2,2-5H3,(H,33,34). The van der Waals surface area contributed by atoms with E-state index in [4.69, 9.17) is 18.8 Å². The molecule has 0 saturated carbocycles. The van der Waals surface area contributed by atoms with Gasteiger partial charge in [0.2, 0.25) is 11.8 Å². The Morgan fingerprint density at radius 1 is 1.21 bits per heavy atom. The predicted octanol–water partition coefficient (Wildman–Crippen LogP) is 5.59. The van der Waals surface area contributed by atoms with Crippen LogP contribution in [0, 0.1) is 0 Å². The second-order valence-electron chi connectivity index (χ2n) is 8.37. The molecule has 4 rings (SSSR count). The minimum absolute atomic E-state index is 0.0310. The van der Waals surface area contributed by atoms with Crippen molar-refractivity contribution < 1.29 is 28.0 Å². The normalized spacial score (nSPS) is 13.6. The van der Waals surface area contributed by atoms with Crippen LogP contribution in [0.3, 0.4) is 0 Å². The van der Waals surface area contributed by atoms with Gasteiger partial charge in [-0.3, -0.25) is 13.8 Å². The number of benzene rings is 1. The van der Waals surface area contributed by atoms with Crippen molar-refractivity contribution in [2.75, 3.05) is 25.7 Å². The van der Waals surface area contributed by atoms with E-state index in [1.807, 2.05) is 36.4 Å². The third kappa shape index (κ3) is 5.69. The number of phosphoric ester groups is 1. The number of hydrogen-bond donors (Lipinski definition) is 1. The van der Waals surface area contributed by atoms with E-state index in [9.17, 15) is 14.3 Å². The third-order valence-corrected chi connectivity index (χ3v) is 7.12. The fourth-order valence-corrected chi connectivity index (χ4v) is 4.95. The van der Waals surface area contributed by atoms with Crippen LogP contribution in [0.25, 0.3) is 33.3 Å². The first-order valence-electron chi connectivity index (χ1n) is 11.8. The van der Waals surface area contributed by atoms with Crippen molar-refractivity contribution in [1.29, 1.82) is 0 Å². The van der Waals surface area contributed by atoms with Crippen molar-refractivity contribution in [2.45, 2.75) is 20.1 Å². The highest BCUT2D eigenvalue weighted by Gasteiger charge is 2.26. The van der Waals surface area contributed by atoms with Gasteiger partial charge in [-0.1, -0.05) is 18.7 Å². The number of carbonyl (C=O) groups excluding carboxylic acids is 1. The van der Waals surface area contributed by atoms with Gasteiger partial charge in [0.15, 0.2) is 0 Å². The van der Waals surface area contributed by atoms with Crippen LogP contribution >= 0.6 is 7.82 Å². The summed E-state index contributed by atoms with van der Waals surface area (Å²) in [4.78, 5) is 32.6. The minimum Gasteiger partial charge on any atom is -0.481 e. The Hall–Kier alpha value is -3.82. The fraction of sp³-hybridized carbons (Fsp3) is 0.222. The zero-order valence-electron chi connectivity index (χ0n) is 21.6. The quantitative estimate of drug-likeness (QED) is 0.206. The van der Waals surface area contributed by atoms with E-state index in [0.29, 0.717) is 17.2 Å². The van der Waals surface area contributed by atoms with Gasteiger partial charge in [0.05, 0.1) is 13.7 Å². The number of amides is 1. The molecule has 3 aromatic heterocycles. The highest BCUT2D eigenvalue weighted by atomic mass is 31.2. The molecule has 0 radical (unpaired) electrons. The molecule has 2 unspecified atom stereocenters. The molecule has 2 atom stereocenters. The summed E-state index contributed by atoms with van der Waals surface area (Å²) in [5.41, 5.74) is 4.53. The predicted molar refractivity (Wildman–Crippen MR) is 146 cm³/mol. The molecule has 4 aromatic rings. The topological polar surface area (TPSA) is 116 Å². The van der Waals surface area contributed by atoms with Crippen LogP contribution < -0.4 is 9.64 Å². The van der Waals surface area contributed by atoms with E-state index in [1.54, 1.807) is 57.2 Å². The van der Waals surface area contributed by atoms with Gasteiger partial charge in [-0.2, -0.15) is 0 Å². The summed E-state index contributed by atoms with van der Waals surface area (Å²) in [5, 5.41) is 0.774. The second-order valence-corrected chi connectivity index (χ2v) is 9.78. The lowest BCUT2D eigenvalue weighted by Crippen LogP contribution is -2.23. The molecule has 0 aliphatic heterocycles. The molecule has 1 amide bonds. The Morgan fingerprint density at radius 2 is 2.00 bits per heavy atom. The highest BCUT2D eigenvalue weighted by Crippen LogP contribution is 2.47. The van der Waals surface area contributed by atoms with Crippen LogP contribution in [-0.4, -0.2) is 46.1 Å². The number of fused-ring (bicyclic) bond motifs is 1. The number of methoxy groups -OCH3 is 1. The van der Waals surface area contributed by atoms with Gasteiger partial charge in [-0.15, -0.1) is 0 Å². The SMILES string of the molecule is C=CC(=O)N(C)c1cccc(-c2cnc3c(c2)c(-c2ccnc(OC)c2)cn3C(C)OP(=O)(O)OCC)c1. The molecular weight excluding hydrogens is 507 g/mol. The minimum atomic E-state index is -4.27. The smallest absolute Gasteiger partial charge is 0.474 e. The maximum Gasteiger partial charge on any atom is 0.474 e. The number of aromatic nitrogens is 3. The number of rotatable bonds is 10. The zero-order chi connectivity index (χ0) is 27.4. The monoisotopic (exact) mass is 536 g/mol. The van der Waals surface area contributed by atoms with E-state index in [0.717, 1.165) is 27.6 Å². The summed E-state index contributed by atoms with van der Waals surface area (Å²) in [7, 11) is -1.04. The maximum absolute atomic E-state index is 12.3. The molecule has 3 heterocycles. The van der Waals surface area contributed by atoms with Gasteiger partial charge in [0.25, 0.3) is 0 Å². The van der Waals surface area contributed by atoms with Gasteiger partial charge in [-0.25, -0.2) is 14.5 Å². The molecule has 198 valence electrons. The number of likely N-dealkylation sites (N-methyl/N-ethyl adjacent to an activating group) is 1. The summed E-state index contributed by atoms with van der Waals surface area (Å²) in [6, 6.07) is 13.1. The van der Waals surface area contributed by atoms with Crippen LogP contribution in [0.5, 0.6) is 5.88 Å². The van der Waals surface area contributed by atoms with E-state index in [-0.39, 0.29) is 12.5 Å². The molecule has 0 fully saturated rings. The average molecular weight is 537 g/mol. The van der Waals surface area contributed by atoms with Crippen LogP contribution in [0.1, 0.15) is 20.1 Å². The summed E-state index contributed by atoms with van der Waals surface area (Å²) in [6.07, 6.45) is 5.55. The number of nitrogens with zero attached hydrogens (tertiary/aromatic N) is 4. The largest absolute Gasteiger partial charge is 0.481 e. The molecule has 10 nitrogen and oxygen atoms in total. The lowest BCUT2D eigenvalue weighted by Gasteiger charge is -2.19. The molecule has 0 saturated heterocycles. The van der Waals surface area contributed by atoms with Crippen molar-refractivity contribution in [3.8, 4) is 28.1 Å². The van der Waals surface area contributed by atoms with E-state index in [2.05, 4.69) is 11.6 Å². The van der Waals surface area contributed by atoms with Crippen molar-refractivity contribution in [3.05, 3.63) is 73.7 Å². The molecular formula is C27H29N4O6P. The first-order chi connectivity index (χ1) is 18.2. The average Bonchev–Trinajstić information content (AvgIpc) is 3.31. The highest BCUT2D eigenvalue weighted by molar-refractivity contribution is 7.47. The summed E-state index contributed by atoms with van der Waals surface area (Å²) in [6.45, 7) is 6.84. The Bertz CT molecular complexity index is 1540. The molecule has 38 heavy (non-hydrogen) atoms. The van der Waals surface area contributed by atoms with Gasteiger partial charge in [-0.05, 0) is 55.3 Å². The molecule has 1 N–H and O–H groups in total. The van der Waals surface area contributed by atoms with Crippen molar-refractivity contribution >= 4 is 30.5 Å². The summed E-state index contributed by atoms with van der Waals surface area (Å²) in [5.74, 6) is 0.222. The van der Waals surface area contributed by atoms with Crippen LogP contribution in [-0.2, 0) is 18.4 Å². The molecule has 0 aliphatic carbocycles. The lowest BCUT2D eigenvalue weighted by molar-refractivity contribution is -0.113. The van der Waals surface area contributed by atoms with Crippen LogP contribution in [0.15, 0.2) is 73.7 Å². The zero-order valence-corrected chi connectivity index (χ0v) is 22.5. The number of ether oxygens (including phenoxy) is 1. The Kier molecular flexibility index (Phi) is 8.08. The van der Waals surface area contributed by atoms with Gasteiger partial charge in [0, 0.05) is 53.9 Å². The van der Waals surface area contributed by atoms with Gasteiger partial charge < -0.3 is 19.1 Å². The molecule has 11 heteroatoms. The Labute approximate surface area is 220 Å². The lowest BCUT2D eigenvalue weighted by atomic mass is 10.0. The first-order valence-corrected chi connectivity index (χ1v) is 13.3. The fourth-order valence-electron chi connectivity index (χ4n) is 4.08. The Morgan fingerprint density at radius 3 is 2.71 bits per heavy atom. The van der Waals surface area contributed by atoms with Crippen LogP contribution in [0.2, 0.25) is 0 Å². The third-order valence-electron chi connectivity index (χ3n) is 5.97. The molecule has 1 aromatic carbocycles. The second kappa shape index (κ2) is 11.3. The van der Waals surface area contributed by atoms with E-state index < -0.39 is 14.1 Å². The van der Waals surface area contributed by atoms with Crippen molar-refractivity contribution in [3.63, 3.8) is 0 Å².